The number of benzene rings is 2. The maximum Gasteiger partial charge on any atom is 0.307 e. The number of furan rings is 1. The molecule has 6 nitrogen and oxygen atoms in total. The van der Waals surface area contributed by atoms with Gasteiger partial charge in [0.15, 0.2) is 10.4 Å². The quantitative estimate of drug-likeness (QED) is 0.410. The molecule has 0 radical (unpaired) electrons. The van der Waals surface area contributed by atoms with E-state index in [0.29, 0.717) is 26.7 Å². The number of anilines is 1. The van der Waals surface area contributed by atoms with Crippen LogP contribution in [0.2, 0.25) is 5.02 Å². The minimum absolute atomic E-state index is 0.154. The summed E-state index contributed by atoms with van der Waals surface area (Å²) in [6.07, 6.45) is 0. The van der Waals surface area contributed by atoms with Gasteiger partial charge in [0.2, 0.25) is 0 Å². The fourth-order valence-corrected chi connectivity index (χ4v) is 2.86. The molecule has 0 fully saturated rings. The Bertz CT molecular complexity index is 1040. The molecule has 0 saturated carbocycles. The standard InChI is InChI=1S/C20H15BrClN3O3/c1-12(24-25-20(27)17-10-11-18(21)28-17)13-6-8-14(9-7-13)23-19(26)15-4-2-3-5-16(15)22/h2-11H,1H3,(H,23,26)(H,25,27)/b24-12-. The number of halogens is 2. The van der Waals surface area contributed by atoms with Crippen LogP contribution in [0.1, 0.15) is 33.4 Å². The molecule has 2 aromatic carbocycles. The maximum absolute atomic E-state index is 12.3. The van der Waals surface area contributed by atoms with Gasteiger partial charge in [0.25, 0.3) is 5.91 Å². The normalized spacial score (nSPS) is 11.2. The number of amides is 2. The first-order valence-electron chi connectivity index (χ1n) is 8.20. The number of carbonyl (C=O) groups is 2. The monoisotopic (exact) mass is 459 g/mol. The molecule has 3 aromatic rings. The van der Waals surface area contributed by atoms with Crippen molar-refractivity contribution in [2.45, 2.75) is 6.92 Å². The molecule has 0 aliphatic heterocycles. The van der Waals surface area contributed by atoms with E-state index < -0.39 is 5.91 Å². The predicted octanol–water partition coefficient (Wildman–Crippen LogP) is 5.10. The zero-order chi connectivity index (χ0) is 20.1. The van der Waals surface area contributed by atoms with E-state index in [1.165, 1.54) is 0 Å². The number of nitrogens with zero attached hydrogens (tertiary/aromatic N) is 1. The van der Waals surface area contributed by atoms with Gasteiger partial charge in [0, 0.05) is 5.69 Å². The van der Waals surface area contributed by atoms with Crippen molar-refractivity contribution in [3.8, 4) is 0 Å². The highest BCUT2D eigenvalue weighted by Crippen LogP contribution is 2.18. The molecule has 0 spiro atoms. The van der Waals surface area contributed by atoms with E-state index in [-0.39, 0.29) is 11.7 Å². The highest BCUT2D eigenvalue weighted by atomic mass is 79.9. The van der Waals surface area contributed by atoms with Gasteiger partial charge in [0.1, 0.15) is 0 Å². The molecule has 1 heterocycles. The summed E-state index contributed by atoms with van der Waals surface area (Å²) in [7, 11) is 0. The molecule has 0 unspecified atom stereocenters. The highest BCUT2D eigenvalue weighted by molar-refractivity contribution is 9.10. The molecule has 28 heavy (non-hydrogen) atoms. The Balaban J connectivity index is 1.64. The Morgan fingerprint density at radius 2 is 1.71 bits per heavy atom. The molecule has 0 aliphatic carbocycles. The fraction of sp³-hybridized carbons (Fsp3) is 0.0500. The third-order valence-electron chi connectivity index (χ3n) is 3.80. The Hall–Kier alpha value is -2.90. The van der Waals surface area contributed by atoms with Gasteiger partial charge in [0.05, 0.1) is 16.3 Å². The van der Waals surface area contributed by atoms with E-state index in [0.717, 1.165) is 5.56 Å². The van der Waals surface area contributed by atoms with E-state index in [1.54, 1.807) is 67.6 Å². The molecular weight excluding hydrogens is 446 g/mol. The Kier molecular flexibility index (Phi) is 6.28. The van der Waals surface area contributed by atoms with Crippen molar-refractivity contribution in [3.05, 3.63) is 87.2 Å². The van der Waals surface area contributed by atoms with E-state index in [1.807, 2.05) is 0 Å². The first-order valence-corrected chi connectivity index (χ1v) is 9.37. The van der Waals surface area contributed by atoms with E-state index in [4.69, 9.17) is 16.0 Å². The average molecular weight is 461 g/mol. The lowest BCUT2D eigenvalue weighted by atomic mass is 10.1. The van der Waals surface area contributed by atoms with Crippen LogP contribution in [0.15, 0.2) is 74.9 Å². The zero-order valence-electron chi connectivity index (χ0n) is 14.7. The molecule has 0 aliphatic rings. The molecule has 0 bridgehead atoms. The summed E-state index contributed by atoms with van der Waals surface area (Å²) in [5, 5.41) is 7.24. The van der Waals surface area contributed by atoms with Gasteiger partial charge in [-0.1, -0.05) is 35.9 Å². The zero-order valence-corrected chi connectivity index (χ0v) is 17.0. The largest absolute Gasteiger partial charge is 0.444 e. The second kappa shape index (κ2) is 8.86. The van der Waals surface area contributed by atoms with E-state index in [9.17, 15) is 9.59 Å². The van der Waals surface area contributed by atoms with Gasteiger partial charge in [-0.15, -0.1) is 0 Å². The molecule has 0 atom stereocenters. The third kappa shape index (κ3) is 4.88. The van der Waals surface area contributed by atoms with Gasteiger partial charge >= 0.3 is 5.91 Å². The molecular formula is C20H15BrClN3O3. The Morgan fingerprint density at radius 1 is 1.00 bits per heavy atom. The average Bonchev–Trinajstić information content (AvgIpc) is 3.13. The predicted molar refractivity (Wildman–Crippen MR) is 112 cm³/mol. The summed E-state index contributed by atoms with van der Waals surface area (Å²) in [6, 6.07) is 17.1. The second-order valence-corrected chi connectivity index (χ2v) is 6.94. The maximum atomic E-state index is 12.3. The number of carbonyl (C=O) groups excluding carboxylic acids is 2. The fourth-order valence-electron chi connectivity index (χ4n) is 2.33. The number of rotatable bonds is 5. The van der Waals surface area contributed by atoms with Gasteiger partial charge in [-0.2, -0.15) is 5.10 Å². The van der Waals surface area contributed by atoms with Crippen molar-refractivity contribution in [2.75, 3.05) is 5.32 Å². The summed E-state index contributed by atoms with van der Waals surface area (Å²) < 4.78 is 5.63. The van der Waals surface area contributed by atoms with E-state index >= 15 is 0 Å². The van der Waals surface area contributed by atoms with Gasteiger partial charge in [-0.25, -0.2) is 5.43 Å². The number of hydrazone groups is 1. The first kappa shape index (κ1) is 19.9. The lowest BCUT2D eigenvalue weighted by molar-refractivity contribution is 0.0925. The Labute approximate surface area is 174 Å². The van der Waals surface area contributed by atoms with Crippen LogP contribution in [0.4, 0.5) is 5.69 Å². The molecule has 3 rings (SSSR count). The van der Waals surface area contributed by atoms with Crippen molar-refractivity contribution in [1.82, 2.24) is 5.43 Å². The smallest absolute Gasteiger partial charge is 0.307 e. The molecule has 8 heteroatoms. The first-order chi connectivity index (χ1) is 13.4. The highest BCUT2D eigenvalue weighted by Gasteiger charge is 2.11. The van der Waals surface area contributed by atoms with Crippen molar-refractivity contribution in [3.63, 3.8) is 0 Å². The molecule has 2 N–H and O–H groups in total. The molecule has 1 aromatic heterocycles. The topological polar surface area (TPSA) is 83.7 Å². The van der Waals surface area contributed by atoms with Gasteiger partial charge < -0.3 is 9.73 Å². The summed E-state index contributed by atoms with van der Waals surface area (Å²) in [5.41, 5.74) is 4.84. The molecule has 0 saturated heterocycles. The lowest BCUT2D eigenvalue weighted by Crippen LogP contribution is -2.18. The second-order valence-electron chi connectivity index (χ2n) is 5.75. The van der Waals surface area contributed by atoms with Crippen molar-refractivity contribution < 1.29 is 14.0 Å². The minimum Gasteiger partial charge on any atom is -0.444 e. The summed E-state index contributed by atoms with van der Waals surface area (Å²) in [4.78, 5) is 24.2. The third-order valence-corrected chi connectivity index (χ3v) is 4.56. The SMILES string of the molecule is C/C(=N/NC(=O)c1ccc(Br)o1)c1ccc(NC(=O)c2ccccc2Cl)cc1. The van der Waals surface area contributed by atoms with Crippen molar-refractivity contribution in [1.29, 1.82) is 0 Å². The summed E-state index contributed by atoms with van der Waals surface area (Å²) in [6.45, 7) is 1.76. The number of hydrogen-bond acceptors (Lipinski definition) is 4. The van der Waals surface area contributed by atoms with Gasteiger partial charge in [-0.3, -0.25) is 9.59 Å². The van der Waals surface area contributed by atoms with Crippen LogP contribution in [-0.2, 0) is 0 Å². The number of hydrogen-bond donors (Lipinski definition) is 2. The molecule has 2 amide bonds. The lowest BCUT2D eigenvalue weighted by Gasteiger charge is -2.08. The Morgan fingerprint density at radius 3 is 2.36 bits per heavy atom. The van der Waals surface area contributed by atoms with Crippen LogP contribution in [-0.4, -0.2) is 17.5 Å². The van der Waals surface area contributed by atoms with Crippen LogP contribution >= 0.6 is 27.5 Å². The summed E-state index contributed by atoms with van der Waals surface area (Å²) >= 11 is 9.18. The van der Waals surface area contributed by atoms with Crippen molar-refractivity contribution >= 4 is 50.7 Å². The van der Waals surface area contributed by atoms with Crippen LogP contribution in [0.3, 0.4) is 0 Å². The van der Waals surface area contributed by atoms with Crippen LogP contribution in [0.5, 0.6) is 0 Å². The summed E-state index contributed by atoms with van der Waals surface area (Å²) in [5.74, 6) is -0.588. The van der Waals surface area contributed by atoms with E-state index in [2.05, 4.69) is 31.8 Å². The van der Waals surface area contributed by atoms with Crippen molar-refractivity contribution in [2.24, 2.45) is 5.10 Å². The van der Waals surface area contributed by atoms with Gasteiger partial charge in [-0.05, 0) is 64.8 Å². The van der Waals surface area contributed by atoms with Crippen LogP contribution < -0.4 is 10.7 Å². The van der Waals surface area contributed by atoms with Crippen LogP contribution in [0, 0.1) is 0 Å². The number of nitrogens with one attached hydrogen (secondary N) is 2. The molecule has 142 valence electrons. The minimum atomic E-state index is -0.450. The van der Waals surface area contributed by atoms with Crippen LogP contribution in [0.25, 0.3) is 0 Å².